The Bertz CT molecular complexity index is 1760. The zero-order chi connectivity index (χ0) is 35.5. The summed E-state index contributed by atoms with van der Waals surface area (Å²) in [6.45, 7) is 5.91. The van der Waals surface area contributed by atoms with Gasteiger partial charge < -0.3 is 35.2 Å². The van der Waals surface area contributed by atoms with Crippen molar-refractivity contribution in [1.82, 2.24) is 45.1 Å². The number of hydrazine groups is 1. The summed E-state index contributed by atoms with van der Waals surface area (Å²) in [7, 11) is 2.06. The van der Waals surface area contributed by atoms with Gasteiger partial charge in [0.1, 0.15) is 17.7 Å². The van der Waals surface area contributed by atoms with Crippen molar-refractivity contribution in [3.8, 4) is 0 Å². The van der Waals surface area contributed by atoms with Crippen LogP contribution < -0.4 is 16.1 Å². The highest BCUT2D eigenvalue weighted by Crippen LogP contribution is 2.36. The molecule has 14 heteroatoms. The maximum atomic E-state index is 13.4. The molecule has 270 valence electrons. The number of carbonyl (C=O) groups excluding carboxylic acids is 2. The molecule has 1 saturated carbocycles. The molecule has 3 aliphatic rings. The average Bonchev–Trinajstić information content (AvgIpc) is 3.87. The molecule has 51 heavy (non-hydrogen) atoms. The van der Waals surface area contributed by atoms with E-state index in [2.05, 4.69) is 52.3 Å². The normalized spacial score (nSPS) is 24.3. The molecule has 5 N–H and O–H groups in total. The summed E-state index contributed by atoms with van der Waals surface area (Å²) < 4.78 is 1.80. The third-order valence-corrected chi connectivity index (χ3v) is 10.6. The van der Waals surface area contributed by atoms with Gasteiger partial charge in [-0.3, -0.25) is 10.2 Å². The van der Waals surface area contributed by atoms with Crippen LogP contribution >= 0.6 is 0 Å². The Kier molecular flexibility index (Phi) is 10.5. The lowest BCUT2D eigenvalue weighted by Gasteiger charge is -2.34. The second-order valence-corrected chi connectivity index (χ2v) is 13.9. The van der Waals surface area contributed by atoms with E-state index in [1.807, 2.05) is 46.3 Å². The van der Waals surface area contributed by atoms with Gasteiger partial charge in [-0.25, -0.2) is 24.8 Å². The van der Waals surface area contributed by atoms with Gasteiger partial charge in [-0.05, 0) is 37.4 Å². The van der Waals surface area contributed by atoms with Crippen LogP contribution in [0.4, 0.5) is 10.6 Å². The summed E-state index contributed by atoms with van der Waals surface area (Å²) in [5.74, 6) is 0.905. The van der Waals surface area contributed by atoms with Crippen LogP contribution in [0, 0.1) is 0 Å². The van der Waals surface area contributed by atoms with Crippen LogP contribution in [0.15, 0.2) is 67.0 Å². The predicted molar refractivity (Wildman–Crippen MR) is 193 cm³/mol. The Morgan fingerprint density at radius 2 is 1.61 bits per heavy atom. The van der Waals surface area contributed by atoms with Crippen LogP contribution in [-0.4, -0.2) is 121 Å². The van der Waals surface area contributed by atoms with Crippen molar-refractivity contribution < 1.29 is 19.8 Å². The standard InChI is InChI=1S/C37H48N10O4/c1-3-30(48)40-27-21-29(33(50)32(27)49)46-23-39-31-35(38-22-26(24-11-6-4-7-12-24)25-13-8-5-9-14-25)41-34(42-36(31)46)28-15-10-16-47(28)43-37(51)45-19-17-44(2)18-20-45/h4-9,11-14,23,26-29,32-33,49-50H,3,10,15-22H2,1-2H3,(H,40,48)(H,43,51)(H,38,41,42)/t27-,28+,29+,32+,33-/m0/s1. The Morgan fingerprint density at radius 1 is 0.922 bits per heavy atom. The largest absolute Gasteiger partial charge is 0.388 e. The number of aliphatic hydroxyl groups excluding tert-OH is 2. The van der Waals surface area contributed by atoms with E-state index in [-0.39, 0.29) is 30.3 Å². The minimum absolute atomic E-state index is 0.0172. The molecule has 4 aromatic rings. The van der Waals surface area contributed by atoms with E-state index in [1.54, 1.807) is 17.8 Å². The number of nitrogens with one attached hydrogen (secondary N) is 3. The highest BCUT2D eigenvalue weighted by atomic mass is 16.3. The number of likely N-dealkylation sites (N-methyl/N-ethyl adjacent to an activating group) is 1. The lowest BCUT2D eigenvalue weighted by Crippen LogP contribution is -2.54. The van der Waals surface area contributed by atoms with E-state index in [0.717, 1.165) is 37.1 Å². The van der Waals surface area contributed by atoms with E-state index >= 15 is 0 Å². The summed E-state index contributed by atoms with van der Waals surface area (Å²) >= 11 is 0. The van der Waals surface area contributed by atoms with Crippen LogP contribution in [0.1, 0.15) is 67.6 Å². The molecule has 1 aliphatic carbocycles. The molecular weight excluding hydrogens is 648 g/mol. The van der Waals surface area contributed by atoms with Crippen LogP contribution in [0.3, 0.4) is 0 Å². The maximum absolute atomic E-state index is 13.4. The van der Waals surface area contributed by atoms with Crippen molar-refractivity contribution in [2.24, 2.45) is 0 Å². The number of hydrogen-bond acceptors (Lipinski definition) is 10. The van der Waals surface area contributed by atoms with Crippen molar-refractivity contribution in [1.29, 1.82) is 0 Å². The monoisotopic (exact) mass is 696 g/mol. The third-order valence-electron chi connectivity index (χ3n) is 10.6. The van der Waals surface area contributed by atoms with Gasteiger partial charge in [0.15, 0.2) is 17.3 Å². The molecule has 3 fully saturated rings. The molecule has 0 spiro atoms. The van der Waals surface area contributed by atoms with Crippen molar-refractivity contribution in [3.05, 3.63) is 83.9 Å². The Morgan fingerprint density at radius 3 is 2.27 bits per heavy atom. The van der Waals surface area contributed by atoms with E-state index in [4.69, 9.17) is 15.0 Å². The number of anilines is 1. The number of benzene rings is 2. The van der Waals surface area contributed by atoms with Crippen LogP contribution in [0.25, 0.3) is 11.2 Å². The Hall–Kier alpha value is -4.63. The minimum atomic E-state index is -1.15. The molecule has 4 heterocycles. The van der Waals surface area contributed by atoms with Crippen molar-refractivity contribution in [3.63, 3.8) is 0 Å². The summed E-state index contributed by atoms with van der Waals surface area (Å²) in [4.78, 5) is 44.5. The maximum Gasteiger partial charge on any atom is 0.332 e. The number of fused-ring (bicyclic) bond motifs is 1. The second kappa shape index (κ2) is 15.3. The number of imidazole rings is 1. The minimum Gasteiger partial charge on any atom is -0.388 e. The molecule has 7 rings (SSSR count). The van der Waals surface area contributed by atoms with Gasteiger partial charge in [0.25, 0.3) is 0 Å². The molecule has 3 amide bonds. The van der Waals surface area contributed by atoms with Gasteiger partial charge in [0.05, 0.1) is 24.5 Å². The molecule has 2 saturated heterocycles. The molecule has 2 aliphatic heterocycles. The summed E-state index contributed by atoms with van der Waals surface area (Å²) in [6, 6.07) is 19.0. The van der Waals surface area contributed by atoms with Crippen LogP contribution in [0.5, 0.6) is 0 Å². The van der Waals surface area contributed by atoms with Crippen molar-refractivity contribution in [2.75, 3.05) is 51.6 Å². The summed E-state index contributed by atoms with van der Waals surface area (Å²) in [5.41, 5.74) is 6.50. The number of rotatable bonds is 10. The first-order chi connectivity index (χ1) is 24.8. The van der Waals surface area contributed by atoms with Crippen molar-refractivity contribution in [2.45, 2.75) is 68.9 Å². The Labute approximate surface area is 297 Å². The topological polar surface area (TPSA) is 164 Å². The number of urea groups is 1. The SMILES string of the molecule is CCC(=O)N[C@H]1C[C@@H](n2cnc3c(NCC(c4ccccc4)c4ccccc4)nc([C@H]4CCCN4NC(=O)N4CCN(C)CC4)nc32)[C@H](O)[C@@H]1O. The molecule has 2 aromatic carbocycles. The van der Waals surface area contributed by atoms with Crippen LogP contribution in [0.2, 0.25) is 0 Å². The number of piperazine rings is 1. The average molecular weight is 697 g/mol. The number of aliphatic hydroxyl groups is 2. The fourth-order valence-corrected chi connectivity index (χ4v) is 7.55. The lowest BCUT2D eigenvalue weighted by atomic mass is 9.91. The number of aromatic nitrogens is 4. The van der Waals surface area contributed by atoms with E-state index < -0.39 is 24.3 Å². The highest BCUT2D eigenvalue weighted by Gasteiger charge is 2.44. The third kappa shape index (κ3) is 7.40. The first-order valence-electron chi connectivity index (χ1n) is 18.0. The van der Waals surface area contributed by atoms with Gasteiger partial charge in [-0.15, -0.1) is 0 Å². The number of hydrogen-bond donors (Lipinski definition) is 5. The van der Waals surface area contributed by atoms with E-state index in [1.165, 1.54) is 0 Å². The lowest BCUT2D eigenvalue weighted by molar-refractivity contribution is -0.122. The molecule has 2 aromatic heterocycles. The predicted octanol–water partition coefficient (Wildman–Crippen LogP) is 2.64. The fraction of sp³-hybridized carbons (Fsp3) is 0.486. The van der Waals surface area contributed by atoms with Gasteiger partial charge in [-0.2, -0.15) is 0 Å². The van der Waals surface area contributed by atoms with Gasteiger partial charge >= 0.3 is 6.03 Å². The molecule has 5 atom stereocenters. The fourth-order valence-electron chi connectivity index (χ4n) is 7.55. The summed E-state index contributed by atoms with van der Waals surface area (Å²) in [6.07, 6.45) is 1.52. The molecule has 14 nitrogen and oxygen atoms in total. The Balaban J connectivity index is 1.23. The first-order valence-corrected chi connectivity index (χ1v) is 18.0. The molecule has 0 radical (unpaired) electrons. The van der Waals surface area contributed by atoms with Gasteiger partial charge in [0, 0.05) is 51.6 Å². The first kappa shape index (κ1) is 34.8. The van der Waals surface area contributed by atoms with Crippen molar-refractivity contribution >= 4 is 28.9 Å². The number of nitrogens with zero attached hydrogens (tertiary/aromatic N) is 7. The zero-order valence-electron chi connectivity index (χ0n) is 29.2. The molecule has 0 unspecified atom stereocenters. The van der Waals surface area contributed by atoms with Gasteiger partial charge in [-0.1, -0.05) is 67.6 Å². The van der Waals surface area contributed by atoms with E-state index in [0.29, 0.717) is 55.4 Å². The highest BCUT2D eigenvalue weighted by molar-refractivity contribution is 5.83. The summed E-state index contributed by atoms with van der Waals surface area (Å²) in [5, 5.41) is 30.6. The zero-order valence-corrected chi connectivity index (χ0v) is 29.2. The number of carbonyl (C=O) groups is 2. The van der Waals surface area contributed by atoms with Crippen LogP contribution in [-0.2, 0) is 4.79 Å². The quantitative estimate of drug-likeness (QED) is 0.167. The number of amides is 3. The van der Waals surface area contributed by atoms with E-state index in [9.17, 15) is 19.8 Å². The smallest absolute Gasteiger partial charge is 0.332 e. The second-order valence-electron chi connectivity index (χ2n) is 13.9. The van der Waals surface area contributed by atoms with Gasteiger partial charge in [0.2, 0.25) is 5.91 Å². The molecule has 0 bridgehead atoms. The molecular formula is C37H48N10O4.